The molecule has 0 saturated carbocycles. The monoisotopic (exact) mass is 333 g/mol. The number of carbonyl (C=O) groups excluding carboxylic acids is 2. The highest BCUT2D eigenvalue weighted by Crippen LogP contribution is 2.09. The number of rotatable bonds is 5. The molecule has 25 heavy (non-hydrogen) atoms. The normalized spacial score (nSPS) is 10.9. The molecule has 0 radical (unpaired) electrons. The first kappa shape index (κ1) is 18.0. The van der Waals surface area contributed by atoms with Crippen molar-refractivity contribution < 1.29 is 9.59 Å². The number of carbonyl (C=O) groups is 2. The highest BCUT2D eigenvalue weighted by Gasteiger charge is 2.15. The lowest BCUT2D eigenvalue weighted by molar-refractivity contribution is -0.118. The van der Waals surface area contributed by atoms with Gasteiger partial charge in [0.2, 0.25) is 0 Å². The van der Waals surface area contributed by atoms with E-state index in [1.54, 1.807) is 54.6 Å². The first-order chi connectivity index (χ1) is 12.0. The van der Waals surface area contributed by atoms with E-state index in [2.05, 4.69) is 10.6 Å². The van der Waals surface area contributed by atoms with E-state index in [1.165, 1.54) is 0 Å². The molecule has 5 heteroatoms. The molecule has 0 aliphatic rings. The quantitative estimate of drug-likeness (QED) is 0.826. The molecule has 5 nitrogen and oxygen atoms in total. The fraction of sp³-hybridized carbons (Fsp3) is 0.150. The standard InChI is InChI=1S/C20H19N3O2/c1-14(2)22-20(25)18(12-15-8-10-16(13-21)11-9-15)23-19(24)17-6-4-3-5-7-17/h3-12,14H,1-2H3,(H,22,25)(H,23,24). The largest absolute Gasteiger partial charge is 0.349 e. The van der Waals surface area contributed by atoms with Crippen LogP contribution in [0.4, 0.5) is 0 Å². The first-order valence-corrected chi connectivity index (χ1v) is 7.88. The second kappa shape index (κ2) is 8.46. The Morgan fingerprint density at radius 3 is 2.24 bits per heavy atom. The number of hydrogen-bond donors (Lipinski definition) is 2. The lowest BCUT2D eigenvalue weighted by atomic mass is 10.1. The highest BCUT2D eigenvalue weighted by atomic mass is 16.2. The molecule has 2 rings (SSSR count). The Bertz CT molecular complexity index is 816. The summed E-state index contributed by atoms with van der Waals surface area (Å²) >= 11 is 0. The van der Waals surface area contributed by atoms with Crippen LogP contribution in [0.15, 0.2) is 60.3 Å². The van der Waals surface area contributed by atoms with E-state index in [4.69, 9.17) is 5.26 Å². The number of nitrogens with zero attached hydrogens (tertiary/aromatic N) is 1. The van der Waals surface area contributed by atoms with Gasteiger partial charge in [-0.15, -0.1) is 0 Å². The molecule has 2 aromatic rings. The third-order valence-corrected chi connectivity index (χ3v) is 3.30. The van der Waals surface area contributed by atoms with E-state index >= 15 is 0 Å². The minimum Gasteiger partial charge on any atom is -0.349 e. The summed E-state index contributed by atoms with van der Waals surface area (Å²) in [6.45, 7) is 3.69. The van der Waals surface area contributed by atoms with Crippen molar-refractivity contribution in [3.05, 3.63) is 77.0 Å². The molecule has 0 fully saturated rings. The van der Waals surface area contributed by atoms with Gasteiger partial charge in [-0.2, -0.15) is 5.26 Å². The minimum atomic E-state index is -0.372. The van der Waals surface area contributed by atoms with Gasteiger partial charge >= 0.3 is 0 Å². The summed E-state index contributed by atoms with van der Waals surface area (Å²) in [5.41, 5.74) is 1.85. The van der Waals surface area contributed by atoms with Crippen molar-refractivity contribution >= 4 is 17.9 Å². The summed E-state index contributed by atoms with van der Waals surface area (Å²) < 4.78 is 0. The zero-order valence-corrected chi connectivity index (χ0v) is 14.1. The zero-order chi connectivity index (χ0) is 18.2. The van der Waals surface area contributed by atoms with Crippen LogP contribution in [-0.2, 0) is 4.79 Å². The van der Waals surface area contributed by atoms with Gasteiger partial charge in [-0.05, 0) is 49.8 Å². The molecule has 0 aliphatic heterocycles. The predicted molar refractivity (Wildman–Crippen MR) is 96.3 cm³/mol. The molecular weight excluding hydrogens is 314 g/mol. The van der Waals surface area contributed by atoms with Gasteiger partial charge in [-0.25, -0.2) is 0 Å². The van der Waals surface area contributed by atoms with Crippen LogP contribution in [0.5, 0.6) is 0 Å². The maximum absolute atomic E-state index is 12.4. The molecule has 0 unspecified atom stereocenters. The topological polar surface area (TPSA) is 82.0 Å². The molecule has 0 bridgehead atoms. The van der Waals surface area contributed by atoms with Gasteiger partial charge in [-0.3, -0.25) is 9.59 Å². The molecule has 2 aromatic carbocycles. The first-order valence-electron chi connectivity index (χ1n) is 7.88. The molecular formula is C20H19N3O2. The zero-order valence-electron chi connectivity index (χ0n) is 14.1. The minimum absolute atomic E-state index is 0.0644. The van der Waals surface area contributed by atoms with Crippen LogP contribution in [0, 0.1) is 11.3 Å². The van der Waals surface area contributed by atoms with Gasteiger partial charge in [0.25, 0.3) is 11.8 Å². The maximum Gasteiger partial charge on any atom is 0.268 e. The van der Waals surface area contributed by atoms with Crippen LogP contribution in [0.1, 0.15) is 35.3 Å². The Balaban J connectivity index is 2.29. The number of nitriles is 1. The van der Waals surface area contributed by atoms with E-state index in [1.807, 2.05) is 26.0 Å². The molecule has 2 N–H and O–H groups in total. The van der Waals surface area contributed by atoms with Crippen molar-refractivity contribution in [2.24, 2.45) is 0 Å². The van der Waals surface area contributed by atoms with Crippen LogP contribution >= 0.6 is 0 Å². The number of hydrogen-bond acceptors (Lipinski definition) is 3. The summed E-state index contributed by atoms with van der Waals surface area (Å²) in [7, 11) is 0. The Hall–Kier alpha value is -3.39. The molecule has 0 saturated heterocycles. The molecule has 2 amide bonds. The van der Waals surface area contributed by atoms with Gasteiger partial charge in [0.1, 0.15) is 5.70 Å². The van der Waals surface area contributed by atoms with Crippen molar-refractivity contribution in [2.45, 2.75) is 19.9 Å². The second-order valence-corrected chi connectivity index (χ2v) is 5.74. The molecule has 0 aromatic heterocycles. The van der Waals surface area contributed by atoms with Crippen LogP contribution in [0.25, 0.3) is 6.08 Å². The number of nitrogens with one attached hydrogen (secondary N) is 2. The molecule has 0 heterocycles. The average molecular weight is 333 g/mol. The molecule has 0 aliphatic carbocycles. The van der Waals surface area contributed by atoms with Gasteiger partial charge in [0, 0.05) is 11.6 Å². The summed E-state index contributed by atoms with van der Waals surface area (Å²) in [6.07, 6.45) is 1.58. The predicted octanol–water partition coefficient (Wildman–Crippen LogP) is 2.85. The third kappa shape index (κ3) is 5.33. The van der Waals surface area contributed by atoms with E-state index in [0.717, 1.165) is 0 Å². The summed E-state index contributed by atoms with van der Waals surface area (Å²) in [5, 5.41) is 14.3. The Morgan fingerprint density at radius 1 is 1.04 bits per heavy atom. The van der Waals surface area contributed by atoms with Crippen LogP contribution in [0.3, 0.4) is 0 Å². The van der Waals surface area contributed by atoms with Crippen molar-refractivity contribution in [2.75, 3.05) is 0 Å². The fourth-order valence-electron chi connectivity index (χ4n) is 2.10. The third-order valence-electron chi connectivity index (χ3n) is 3.30. The Labute approximate surface area is 147 Å². The number of amides is 2. The summed E-state index contributed by atoms with van der Waals surface area (Å²) in [6, 6.07) is 17.4. The van der Waals surface area contributed by atoms with Crippen molar-refractivity contribution in [1.82, 2.24) is 10.6 Å². The van der Waals surface area contributed by atoms with Crippen molar-refractivity contribution in [1.29, 1.82) is 5.26 Å². The van der Waals surface area contributed by atoms with Crippen LogP contribution in [-0.4, -0.2) is 17.9 Å². The van der Waals surface area contributed by atoms with Crippen molar-refractivity contribution in [3.8, 4) is 6.07 Å². The second-order valence-electron chi connectivity index (χ2n) is 5.74. The van der Waals surface area contributed by atoms with Gasteiger partial charge in [0.05, 0.1) is 11.6 Å². The van der Waals surface area contributed by atoms with Crippen molar-refractivity contribution in [3.63, 3.8) is 0 Å². The average Bonchev–Trinajstić information content (AvgIpc) is 2.62. The lowest BCUT2D eigenvalue weighted by Crippen LogP contribution is -2.38. The van der Waals surface area contributed by atoms with Gasteiger partial charge in [-0.1, -0.05) is 30.3 Å². The lowest BCUT2D eigenvalue weighted by Gasteiger charge is -2.13. The van der Waals surface area contributed by atoms with E-state index in [9.17, 15) is 9.59 Å². The van der Waals surface area contributed by atoms with Gasteiger partial charge < -0.3 is 10.6 Å². The number of benzene rings is 2. The highest BCUT2D eigenvalue weighted by molar-refractivity contribution is 6.05. The fourth-order valence-corrected chi connectivity index (χ4v) is 2.10. The Morgan fingerprint density at radius 2 is 1.68 bits per heavy atom. The van der Waals surface area contributed by atoms with E-state index < -0.39 is 0 Å². The SMILES string of the molecule is CC(C)NC(=O)C(=Cc1ccc(C#N)cc1)NC(=O)c1ccccc1. The summed E-state index contributed by atoms with van der Waals surface area (Å²) in [5.74, 6) is -0.733. The smallest absolute Gasteiger partial charge is 0.268 e. The Kier molecular flexibility index (Phi) is 6.08. The maximum atomic E-state index is 12.4. The van der Waals surface area contributed by atoms with Crippen LogP contribution < -0.4 is 10.6 Å². The molecule has 126 valence electrons. The van der Waals surface area contributed by atoms with E-state index in [-0.39, 0.29) is 23.6 Å². The molecule has 0 spiro atoms. The van der Waals surface area contributed by atoms with Crippen LogP contribution in [0.2, 0.25) is 0 Å². The summed E-state index contributed by atoms with van der Waals surface area (Å²) in [4.78, 5) is 24.8. The van der Waals surface area contributed by atoms with E-state index in [0.29, 0.717) is 16.7 Å². The molecule has 0 atom stereocenters. The van der Waals surface area contributed by atoms with Gasteiger partial charge in [0.15, 0.2) is 0 Å².